The van der Waals surface area contributed by atoms with Gasteiger partial charge in [-0.05, 0) is 146 Å². The first-order valence-corrected chi connectivity index (χ1v) is 21.7. The highest BCUT2D eigenvalue weighted by Crippen LogP contribution is 2.65. The third-order valence-corrected chi connectivity index (χ3v) is 13.4. The summed E-state index contributed by atoms with van der Waals surface area (Å²) in [5, 5.41) is 7.47. The fourth-order valence-corrected chi connectivity index (χ4v) is 10.8. The van der Waals surface area contributed by atoms with Gasteiger partial charge >= 0.3 is 0 Å². The summed E-state index contributed by atoms with van der Waals surface area (Å²) in [4.78, 5) is 0. The fraction of sp³-hybridized carbons (Fsp3) is 0.0323. The average molecular weight is 787 g/mol. The number of benzene rings is 10. The minimum Gasteiger partial charge on any atom is -0.0622 e. The van der Waals surface area contributed by atoms with Crippen molar-refractivity contribution in [1.29, 1.82) is 0 Å². The zero-order valence-corrected chi connectivity index (χ0v) is 34.8. The van der Waals surface area contributed by atoms with Gasteiger partial charge in [0, 0.05) is 0 Å². The maximum Gasteiger partial charge on any atom is -0.0000721 e. The van der Waals surface area contributed by atoms with Gasteiger partial charge in [0.2, 0.25) is 0 Å². The summed E-state index contributed by atoms with van der Waals surface area (Å²) in [6.07, 6.45) is 0. The van der Waals surface area contributed by atoms with Crippen LogP contribution in [0, 0.1) is 13.8 Å². The minimum atomic E-state index is 1.22. The molecule has 0 saturated heterocycles. The zero-order chi connectivity index (χ0) is 41.3. The summed E-state index contributed by atoms with van der Waals surface area (Å²) in [7, 11) is 0. The van der Waals surface area contributed by atoms with E-state index < -0.39 is 0 Å². The molecule has 2 aliphatic carbocycles. The number of allylic oxidation sites excluding steroid dienone is 5. The van der Waals surface area contributed by atoms with Crippen molar-refractivity contribution in [3.8, 4) is 22.3 Å². The van der Waals surface area contributed by atoms with E-state index in [1.165, 1.54) is 133 Å². The van der Waals surface area contributed by atoms with E-state index in [0.717, 1.165) is 0 Å². The number of rotatable bonds is 6. The third kappa shape index (κ3) is 5.40. The average Bonchev–Trinajstić information content (AvgIpc) is 3.86. The molecule has 0 fully saturated rings. The summed E-state index contributed by atoms with van der Waals surface area (Å²) in [5.74, 6) is 0. The van der Waals surface area contributed by atoms with Crippen LogP contribution in [-0.2, 0) is 0 Å². The van der Waals surface area contributed by atoms with Gasteiger partial charge in [0.1, 0.15) is 0 Å². The molecule has 0 saturated carbocycles. The maximum absolute atomic E-state index is 2.39. The Labute approximate surface area is 363 Å². The van der Waals surface area contributed by atoms with Gasteiger partial charge in [0.15, 0.2) is 0 Å². The van der Waals surface area contributed by atoms with Gasteiger partial charge in [-0.25, -0.2) is 0 Å². The number of hydrogen-bond donors (Lipinski definition) is 0. The molecule has 62 heavy (non-hydrogen) atoms. The summed E-state index contributed by atoms with van der Waals surface area (Å²) >= 11 is 0. The van der Waals surface area contributed by atoms with Crippen LogP contribution in [0.3, 0.4) is 0 Å². The minimum absolute atomic E-state index is 1.22. The molecular weight excluding hydrogens is 745 g/mol. The Morgan fingerprint density at radius 3 is 0.968 bits per heavy atom. The molecule has 0 aromatic heterocycles. The zero-order valence-electron chi connectivity index (χ0n) is 34.8. The number of hydrogen-bond acceptors (Lipinski definition) is 0. The van der Waals surface area contributed by atoms with E-state index >= 15 is 0 Å². The molecule has 0 bridgehead atoms. The van der Waals surface area contributed by atoms with Gasteiger partial charge in [-0.1, -0.05) is 218 Å². The second kappa shape index (κ2) is 14.4. The van der Waals surface area contributed by atoms with Gasteiger partial charge in [0.05, 0.1) is 0 Å². The van der Waals surface area contributed by atoms with Crippen molar-refractivity contribution in [2.24, 2.45) is 0 Å². The summed E-state index contributed by atoms with van der Waals surface area (Å²) < 4.78 is 0. The van der Waals surface area contributed by atoms with E-state index in [1.54, 1.807) is 0 Å². The first-order chi connectivity index (χ1) is 30.7. The van der Waals surface area contributed by atoms with Crippen molar-refractivity contribution in [2.45, 2.75) is 13.8 Å². The van der Waals surface area contributed by atoms with E-state index in [-0.39, 0.29) is 0 Å². The van der Waals surface area contributed by atoms with Crippen LogP contribution < -0.4 is 0 Å². The Balaban J connectivity index is 1.36. The molecule has 0 unspecified atom stereocenters. The Bertz CT molecular complexity index is 3530. The highest BCUT2D eigenvalue weighted by atomic mass is 14.5. The smallest absolute Gasteiger partial charge is 0.0000721 e. The second-order valence-corrected chi connectivity index (χ2v) is 16.7. The van der Waals surface area contributed by atoms with Gasteiger partial charge < -0.3 is 0 Å². The highest BCUT2D eigenvalue weighted by Gasteiger charge is 2.43. The van der Waals surface area contributed by atoms with Crippen molar-refractivity contribution < 1.29 is 0 Å². The Morgan fingerprint density at radius 2 is 0.532 bits per heavy atom. The normalized spacial score (nSPS) is 13.5. The topological polar surface area (TPSA) is 0 Å². The van der Waals surface area contributed by atoms with Crippen LogP contribution in [0.2, 0.25) is 0 Å². The van der Waals surface area contributed by atoms with Gasteiger partial charge in [0.25, 0.3) is 0 Å². The number of fused-ring (bicyclic) bond motifs is 6. The molecule has 10 aromatic carbocycles. The molecule has 0 spiro atoms. The third-order valence-electron chi connectivity index (χ3n) is 13.4. The van der Waals surface area contributed by atoms with E-state index in [9.17, 15) is 0 Å². The first kappa shape index (κ1) is 36.1. The molecule has 2 aliphatic rings. The van der Waals surface area contributed by atoms with Gasteiger partial charge in [-0.2, -0.15) is 0 Å². The van der Waals surface area contributed by atoms with Crippen LogP contribution >= 0.6 is 0 Å². The van der Waals surface area contributed by atoms with E-state index in [4.69, 9.17) is 0 Å². The van der Waals surface area contributed by atoms with Gasteiger partial charge in [-0.3, -0.25) is 0 Å². The first-order valence-electron chi connectivity index (χ1n) is 21.7. The lowest BCUT2D eigenvalue weighted by molar-refractivity contribution is 1.34. The molecular formula is C62H42. The summed E-state index contributed by atoms with van der Waals surface area (Å²) in [5.41, 5.74) is 23.0. The molecule has 10 aromatic rings. The largest absolute Gasteiger partial charge is 0.0622 e. The van der Waals surface area contributed by atoms with Crippen molar-refractivity contribution in [3.05, 3.63) is 268 Å². The maximum atomic E-state index is 2.39. The van der Waals surface area contributed by atoms with Crippen molar-refractivity contribution >= 4 is 60.2 Å². The second-order valence-electron chi connectivity index (χ2n) is 16.7. The van der Waals surface area contributed by atoms with Crippen LogP contribution in [-0.4, -0.2) is 0 Å². The molecule has 290 valence electrons. The molecule has 0 atom stereocenters. The van der Waals surface area contributed by atoms with Crippen LogP contribution in [0.25, 0.3) is 82.4 Å². The lowest BCUT2D eigenvalue weighted by atomic mass is 9.78. The molecule has 0 radical (unpaired) electrons. The van der Waals surface area contributed by atoms with E-state index in [2.05, 4.69) is 232 Å². The lowest BCUT2D eigenvalue weighted by Crippen LogP contribution is -2.03. The van der Waals surface area contributed by atoms with Gasteiger partial charge in [-0.15, -0.1) is 0 Å². The molecule has 0 N–H and O–H groups in total. The fourth-order valence-electron chi connectivity index (χ4n) is 10.8. The standard InChI is InChI=1S/C62H42/c1-39-53(44-24-6-3-7-25-44)54(45-26-8-4-9-27-45)40(2)56-55(39)58(50-36-18-30-41-21-12-15-33-47(41)50)62-60(52-38-20-32-43-23-14-17-35-49(43)52)59(57(61(56)62)46-28-10-5-11-29-46)51-37-19-31-42-22-13-16-34-48(42)51/h3-38H,1-2H3. The van der Waals surface area contributed by atoms with Crippen molar-refractivity contribution in [3.63, 3.8) is 0 Å². The Kier molecular flexibility index (Phi) is 8.40. The quantitative estimate of drug-likeness (QED) is 0.157. The van der Waals surface area contributed by atoms with Crippen molar-refractivity contribution in [2.75, 3.05) is 0 Å². The molecule has 0 heterocycles. The monoisotopic (exact) mass is 786 g/mol. The summed E-state index contributed by atoms with van der Waals surface area (Å²) in [6.45, 7) is 4.77. The predicted octanol–water partition coefficient (Wildman–Crippen LogP) is 16.4. The Hall–Kier alpha value is -7.80. The van der Waals surface area contributed by atoms with Crippen LogP contribution in [0.5, 0.6) is 0 Å². The molecule has 12 rings (SSSR count). The van der Waals surface area contributed by atoms with Crippen LogP contribution in [0.15, 0.2) is 224 Å². The summed E-state index contributed by atoms with van der Waals surface area (Å²) in [6, 6.07) is 80.7. The van der Waals surface area contributed by atoms with E-state index in [0.29, 0.717) is 0 Å². The Morgan fingerprint density at radius 1 is 0.210 bits per heavy atom. The molecule has 0 nitrogen and oxygen atoms in total. The van der Waals surface area contributed by atoms with E-state index in [1.807, 2.05) is 0 Å². The molecule has 0 amide bonds. The highest BCUT2D eigenvalue weighted by molar-refractivity contribution is 6.42. The van der Waals surface area contributed by atoms with Crippen LogP contribution in [0.4, 0.5) is 0 Å². The van der Waals surface area contributed by atoms with Crippen LogP contribution in [0.1, 0.15) is 44.5 Å². The molecule has 0 aliphatic heterocycles. The predicted molar refractivity (Wildman–Crippen MR) is 265 cm³/mol. The SMILES string of the molecule is Cc1c2c(c(C)c(-c3ccccc3)c1-c1ccccc1)C(c1cccc3ccccc13)=C1C2=C(c2ccccc2)C(c2cccc3ccccc23)=C1c1cccc2ccccc12. The lowest BCUT2D eigenvalue weighted by Gasteiger charge is -2.25. The van der Waals surface area contributed by atoms with Crippen molar-refractivity contribution in [1.82, 2.24) is 0 Å². The molecule has 0 heteroatoms.